The number of rotatable bonds is 11. The van der Waals surface area contributed by atoms with Gasteiger partial charge in [0.25, 0.3) is 5.91 Å². The molecule has 13 nitrogen and oxygen atoms in total. The van der Waals surface area contributed by atoms with Crippen LogP contribution in [0.5, 0.6) is 0 Å². The van der Waals surface area contributed by atoms with Crippen molar-refractivity contribution in [3.05, 3.63) is 94.1 Å². The first-order chi connectivity index (χ1) is 23.3. The Balaban J connectivity index is 1.22. The quantitative estimate of drug-likeness (QED) is 0.175. The maximum Gasteiger partial charge on any atom is 0.410 e. The second-order valence-corrected chi connectivity index (χ2v) is 13.4. The normalized spacial score (nSPS) is 19.3. The van der Waals surface area contributed by atoms with Gasteiger partial charge in [0.15, 0.2) is 11.2 Å². The summed E-state index contributed by atoms with van der Waals surface area (Å²) < 4.78 is 11.8. The van der Waals surface area contributed by atoms with E-state index in [0.29, 0.717) is 35.9 Å². The number of benzene rings is 2. The number of amides is 4. The lowest BCUT2D eigenvalue weighted by atomic mass is 10.0. The fourth-order valence-electron chi connectivity index (χ4n) is 5.65. The summed E-state index contributed by atoms with van der Waals surface area (Å²) >= 11 is 2.55. The second kappa shape index (κ2) is 15.0. The standard InChI is InChI=1S/C33H34N6O7S2/c1-37-12-14-38(15-13-37)33(44)45-17-23-18-47-30-26(36-25(41)16-24-19-48-32(35-24)34-20-40)29(42)39(30)27(23)31(43)46-28(21-8-4-2-5-9-21)22-10-6-3-7-11-22/h2-11,19-20,26,28,30H,12-18H2,1H3,(H,36,41)(H,34,35,40)/t26?,30-/m1/s1. The molecule has 48 heavy (non-hydrogen) atoms. The van der Waals surface area contributed by atoms with Crippen molar-refractivity contribution in [2.75, 3.05) is 50.9 Å². The monoisotopic (exact) mass is 690 g/mol. The number of thiazole rings is 1. The van der Waals surface area contributed by atoms with E-state index in [2.05, 4.69) is 20.5 Å². The van der Waals surface area contributed by atoms with Crippen LogP contribution in [0.4, 0.5) is 9.93 Å². The van der Waals surface area contributed by atoms with Crippen LogP contribution < -0.4 is 10.6 Å². The number of hydrogen-bond donors (Lipinski definition) is 2. The van der Waals surface area contributed by atoms with Gasteiger partial charge in [-0.15, -0.1) is 23.1 Å². The van der Waals surface area contributed by atoms with Crippen LogP contribution in [0.2, 0.25) is 0 Å². The molecule has 6 rings (SSSR count). The van der Waals surface area contributed by atoms with Gasteiger partial charge in [-0.2, -0.15) is 0 Å². The first kappa shape index (κ1) is 33.2. The van der Waals surface area contributed by atoms with Crippen LogP contribution in [0.1, 0.15) is 22.9 Å². The molecule has 0 spiro atoms. The molecular weight excluding hydrogens is 657 g/mol. The van der Waals surface area contributed by atoms with Gasteiger partial charge in [-0.05, 0) is 18.2 Å². The molecule has 4 amide bonds. The molecule has 2 fully saturated rings. The van der Waals surface area contributed by atoms with Gasteiger partial charge in [0.05, 0.1) is 12.1 Å². The van der Waals surface area contributed by atoms with Gasteiger partial charge in [-0.25, -0.2) is 14.6 Å². The number of ether oxygens (including phenoxy) is 2. The number of carbonyl (C=O) groups is 5. The molecule has 0 aliphatic carbocycles. The number of β-lactam (4-membered cyclic amide) rings is 1. The van der Waals surface area contributed by atoms with E-state index < -0.39 is 41.4 Å². The van der Waals surface area contributed by atoms with E-state index >= 15 is 0 Å². The zero-order chi connectivity index (χ0) is 33.6. The number of aromatic nitrogens is 1. The number of esters is 1. The summed E-state index contributed by atoms with van der Waals surface area (Å²) in [6, 6.07) is 17.7. The summed E-state index contributed by atoms with van der Waals surface area (Å²) in [5, 5.41) is 6.66. The molecule has 0 saturated carbocycles. The number of nitrogens with zero attached hydrogens (tertiary/aromatic N) is 4. The number of nitrogens with one attached hydrogen (secondary N) is 2. The maximum atomic E-state index is 14.1. The number of likely N-dealkylation sites (N-methyl/N-ethyl adjacent to an activating group) is 1. The van der Waals surface area contributed by atoms with Gasteiger partial charge in [-0.1, -0.05) is 60.7 Å². The molecule has 1 unspecified atom stereocenters. The third kappa shape index (κ3) is 7.37. The smallest absolute Gasteiger partial charge is 0.410 e. The lowest BCUT2D eigenvalue weighted by Crippen LogP contribution is -2.70. The van der Waals surface area contributed by atoms with Crippen molar-refractivity contribution in [3.8, 4) is 0 Å². The summed E-state index contributed by atoms with van der Waals surface area (Å²) in [4.78, 5) is 73.6. The fourth-order valence-corrected chi connectivity index (χ4v) is 7.65. The minimum Gasteiger partial charge on any atom is -0.448 e. The summed E-state index contributed by atoms with van der Waals surface area (Å²) in [6.45, 7) is 2.30. The molecule has 2 N–H and O–H groups in total. The molecule has 3 aliphatic heterocycles. The second-order valence-electron chi connectivity index (χ2n) is 11.4. The number of thioether (sulfide) groups is 1. The molecule has 3 aromatic rings. The zero-order valence-corrected chi connectivity index (χ0v) is 27.7. The van der Waals surface area contributed by atoms with Crippen LogP contribution in [-0.4, -0.2) is 107 Å². The molecular formula is C33H34N6O7S2. The van der Waals surface area contributed by atoms with Crippen LogP contribution in [0.3, 0.4) is 0 Å². The highest BCUT2D eigenvalue weighted by atomic mass is 32.2. The molecule has 3 aliphatic rings. The highest BCUT2D eigenvalue weighted by Gasteiger charge is 2.54. The molecule has 250 valence electrons. The first-order valence-corrected chi connectivity index (χ1v) is 17.3. The van der Waals surface area contributed by atoms with Gasteiger partial charge in [-0.3, -0.25) is 19.3 Å². The van der Waals surface area contributed by atoms with Gasteiger partial charge in [0.2, 0.25) is 12.3 Å². The molecule has 15 heteroatoms. The Hall–Kier alpha value is -4.73. The Labute approximate surface area is 285 Å². The van der Waals surface area contributed by atoms with E-state index in [-0.39, 0.29) is 24.5 Å². The third-order valence-corrected chi connectivity index (χ3v) is 10.4. The summed E-state index contributed by atoms with van der Waals surface area (Å²) in [6.07, 6.45) is -0.843. The SMILES string of the molecule is CN1CCN(C(=O)OCC2=C(C(=O)OC(c3ccccc3)c3ccccc3)N3C(=O)C(NC(=O)Cc4csc(NC=O)n4)[C@H]3SC2)CC1. The summed E-state index contributed by atoms with van der Waals surface area (Å²) in [5.41, 5.74) is 2.40. The van der Waals surface area contributed by atoms with Gasteiger partial charge in [0.1, 0.15) is 23.7 Å². The Morgan fingerprint density at radius 1 is 1.02 bits per heavy atom. The van der Waals surface area contributed by atoms with Crippen molar-refractivity contribution >= 4 is 58.5 Å². The van der Waals surface area contributed by atoms with Crippen molar-refractivity contribution in [1.29, 1.82) is 0 Å². The van der Waals surface area contributed by atoms with Gasteiger partial charge in [0, 0.05) is 42.9 Å². The average molecular weight is 691 g/mol. The minimum absolute atomic E-state index is 0.0152. The molecule has 2 aromatic carbocycles. The largest absolute Gasteiger partial charge is 0.448 e. The van der Waals surface area contributed by atoms with Crippen LogP contribution in [-0.2, 0) is 35.1 Å². The van der Waals surface area contributed by atoms with E-state index in [1.807, 2.05) is 67.7 Å². The fraction of sp³-hybridized carbons (Fsp3) is 0.333. The highest BCUT2D eigenvalue weighted by molar-refractivity contribution is 8.00. The molecule has 1 aromatic heterocycles. The highest BCUT2D eigenvalue weighted by Crippen LogP contribution is 2.42. The van der Waals surface area contributed by atoms with Crippen LogP contribution in [0.25, 0.3) is 0 Å². The molecule has 0 radical (unpaired) electrons. The van der Waals surface area contributed by atoms with Crippen molar-refractivity contribution in [2.45, 2.75) is 23.9 Å². The Kier molecular flexibility index (Phi) is 10.4. The van der Waals surface area contributed by atoms with E-state index in [0.717, 1.165) is 24.2 Å². The van der Waals surface area contributed by atoms with Crippen LogP contribution in [0.15, 0.2) is 77.3 Å². The lowest BCUT2D eigenvalue weighted by molar-refractivity contribution is -0.154. The number of anilines is 1. The first-order valence-electron chi connectivity index (χ1n) is 15.3. The predicted molar refractivity (Wildman–Crippen MR) is 179 cm³/mol. The predicted octanol–water partition coefficient (Wildman–Crippen LogP) is 2.62. The summed E-state index contributed by atoms with van der Waals surface area (Å²) in [5.74, 6) is -1.37. The van der Waals surface area contributed by atoms with Crippen molar-refractivity contribution in [1.82, 2.24) is 25.0 Å². The van der Waals surface area contributed by atoms with Crippen LogP contribution in [0, 0.1) is 0 Å². The molecule has 2 atom stereocenters. The number of carbonyl (C=O) groups excluding carboxylic acids is 5. The van der Waals surface area contributed by atoms with E-state index in [1.54, 1.807) is 10.3 Å². The van der Waals surface area contributed by atoms with E-state index in [4.69, 9.17) is 9.47 Å². The third-order valence-electron chi connectivity index (χ3n) is 8.19. The maximum absolute atomic E-state index is 14.1. The van der Waals surface area contributed by atoms with Gasteiger partial charge < -0.3 is 29.9 Å². The van der Waals surface area contributed by atoms with Crippen molar-refractivity contribution in [2.24, 2.45) is 0 Å². The zero-order valence-electron chi connectivity index (χ0n) is 26.1. The van der Waals surface area contributed by atoms with E-state index in [1.165, 1.54) is 28.0 Å². The van der Waals surface area contributed by atoms with Gasteiger partial charge >= 0.3 is 12.1 Å². The molecule has 2 saturated heterocycles. The topological polar surface area (TPSA) is 150 Å². The molecule has 0 bridgehead atoms. The Morgan fingerprint density at radius 3 is 2.33 bits per heavy atom. The Bertz CT molecular complexity index is 1650. The van der Waals surface area contributed by atoms with Crippen molar-refractivity contribution < 1.29 is 33.4 Å². The lowest BCUT2D eigenvalue weighted by Gasteiger charge is -2.49. The molecule has 4 heterocycles. The van der Waals surface area contributed by atoms with Crippen molar-refractivity contribution in [3.63, 3.8) is 0 Å². The number of hydrogen-bond acceptors (Lipinski definition) is 11. The average Bonchev–Trinajstić information content (AvgIpc) is 3.55. The minimum atomic E-state index is -0.884. The number of fused-ring (bicyclic) bond motifs is 1. The number of piperazine rings is 1. The van der Waals surface area contributed by atoms with Crippen LogP contribution >= 0.6 is 23.1 Å². The van der Waals surface area contributed by atoms with E-state index in [9.17, 15) is 24.0 Å². The summed E-state index contributed by atoms with van der Waals surface area (Å²) in [7, 11) is 1.99. The Morgan fingerprint density at radius 2 is 1.69 bits per heavy atom.